The van der Waals surface area contributed by atoms with Gasteiger partial charge in [0.1, 0.15) is 12.1 Å². The van der Waals surface area contributed by atoms with E-state index in [1.54, 1.807) is 19.1 Å². The molecule has 0 aromatic heterocycles. The molecule has 1 aliphatic heterocycles. The van der Waals surface area contributed by atoms with Crippen molar-refractivity contribution in [1.82, 2.24) is 15.5 Å². The fourth-order valence-electron chi connectivity index (χ4n) is 4.68. The van der Waals surface area contributed by atoms with Gasteiger partial charge in [-0.25, -0.2) is 4.79 Å². The standard InChI is InChI=1S/C21H29N3O4/c1-13-9-14(2)11-21(10-13)19(27)24(20(28)23-21)12-17(25)22-15(3)18(26)16-7-5-4-6-8-16/h4-8,13-15,18,26H,9-12H2,1-3H3,(H,22,25)(H,23,28). The van der Waals surface area contributed by atoms with Gasteiger partial charge in [-0.15, -0.1) is 0 Å². The van der Waals surface area contributed by atoms with Crippen LogP contribution in [0.5, 0.6) is 0 Å². The average molecular weight is 387 g/mol. The van der Waals surface area contributed by atoms with Crippen LogP contribution >= 0.6 is 0 Å². The fraction of sp³-hybridized carbons (Fsp3) is 0.571. The van der Waals surface area contributed by atoms with Gasteiger partial charge in [-0.1, -0.05) is 44.2 Å². The minimum absolute atomic E-state index is 0.317. The molecule has 152 valence electrons. The molecule has 1 aromatic rings. The largest absolute Gasteiger partial charge is 0.386 e. The number of carbonyl (C=O) groups is 3. The van der Waals surface area contributed by atoms with Gasteiger partial charge in [-0.3, -0.25) is 14.5 Å². The Kier molecular flexibility index (Phi) is 5.74. The Morgan fingerprint density at radius 2 is 1.86 bits per heavy atom. The molecule has 2 aliphatic rings. The molecule has 1 heterocycles. The molecule has 1 aromatic carbocycles. The van der Waals surface area contributed by atoms with Crippen molar-refractivity contribution in [2.24, 2.45) is 11.8 Å². The Balaban J connectivity index is 1.62. The summed E-state index contributed by atoms with van der Waals surface area (Å²) in [6, 6.07) is 7.95. The van der Waals surface area contributed by atoms with E-state index in [9.17, 15) is 19.5 Å². The molecule has 1 saturated carbocycles. The molecule has 0 radical (unpaired) electrons. The van der Waals surface area contributed by atoms with Crippen molar-refractivity contribution < 1.29 is 19.5 Å². The summed E-state index contributed by atoms with van der Waals surface area (Å²) in [7, 11) is 0. The molecule has 4 atom stereocenters. The molecule has 3 rings (SSSR count). The van der Waals surface area contributed by atoms with E-state index in [4.69, 9.17) is 0 Å². The molecule has 1 aliphatic carbocycles. The summed E-state index contributed by atoms with van der Waals surface area (Å²) in [6.45, 7) is 5.51. The molecule has 3 N–H and O–H groups in total. The minimum Gasteiger partial charge on any atom is -0.386 e. The van der Waals surface area contributed by atoms with Crippen molar-refractivity contribution in [1.29, 1.82) is 0 Å². The van der Waals surface area contributed by atoms with Gasteiger partial charge in [0.15, 0.2) is 0 Å². The number of hydrogen-bond donors (Lipinski definition) is 3. The highest BCUT2D eigenvalue weighted by atomic mass is 16.3. The Labute approximate surface area is 165 Å². The molecule has 2 fully saturated rings. The minimum atomic E-state index is -0.885. The van der Waals surface area contributed by atoms with Crippen molar-refractivity contribution in [3.05, 3.63) is 35.9 Å². The smallest absolute Gasteiger partial charge is 0.325 e. The zero-order valence-corrected chi connectivity index (χ0v) is 16.6. The molecular formula is C21H29N3O4. The first kappa shape index (κ1) is 20.3. The molecule has 4 unspecified atom stereocenters. The summed E-state index contributed by atoms with van der Waals surface area (Å²) in [4.78, 5) is 38.8. The monoisotopic (exact) mass is 387 g/mol. The predicted molar refractivity (Wildman–Crippen MR) is 104 cm³/mol. The molecule has 28 heavy (non-hydrogen) atoms. The summed E-state index contributed by atoms with van der Waals surface area (Å²) in [6.07, 6.45) is 1.35. The lowest BCUT2D eigenvalue weighted by Gasteiger charge is -2.37. The SMILES string of the molecule is CC1CC(C)CC2(C1)NC(=O)N(CC(=O)NC(C)C(O)c1ccccc1)C2=O. The van der Waals surface area contributed by atoms with Crippen LogP contribution < -0.4 is 10.6 Å². The Hall–Kier alpha value is -2.41. The number of amides is 4. The van der Waals surface area contributed by atoms with Crippen LogP contribution in [0.2, 0.25) is 0 Å². The zero-order valence-electron chi connectivity index (χ0n) is 16.6. The Morgan fingerprint density at radius 1 is 1.25 bits per heavy atom. The van der Waals surface area contributed by atoms with E-state index in [1.165, 1.54) is 0 Å². The van der Waals surface area contributed by atoms with Gasteiger partial charge in [-0.05, 0) is 43.6 Å². The second kappa shape index (κ2) is 7.91. The van der Waals surface area contributed by atoms with Crippen LogP contribution in [0.1, 0.15) is 51.7 Å². The van der Waals surface area contributed by atoms with Gasteiger partial charge in [0.2, 0.25) is 5.91 Å². The van der Waals surface area contributed by atoms with E-state index in [0.717, 1.165) is 11.3 Å². The van der Waals surface area contributed by atoms with Gasteiger partial charge in [0, 0.05) is 0 Å². The van der Waals surface area contributed by atoms with E-state index in [1.807, 2.05) is 18.2 Å². The predicted octanol–water partition coefficient (Wildman–Crippen LogP) is 1.97. The van der Waals surface area contributed by atoms with Gasteiger partial charge in [0.25, 0.3) is 5.91 Å². The fourth-order valence-corrected chi connectivity index (χ4v) is 4.68. The van der Waals surface area contributed by atoms with Crippen LogP contribution in [0, 0.1) is 11.8 Å². The summed E-state index contributed by atoms with van der Waals surface area (Å²) < 4.78 is 0. The van der Waals surface area contributed by atoms with E-state index >= 15 is 0 Å². The highest BCUT2D eigenvalue weighted by Crippen LogP contribution is 2.39. The van der Waals surface area contributed by atoms with Crippen LogP contribution in [0.3, 0.4) is 0 Å². The topological polar surface area (TPSA) is 98.7 Å². The first-order chi connectivity index (χ1) is 13.2. The van der Waals surface area contributed by atoms with Crippen LogP contribution in [0.15, 0.2) is 30.3 Å². The number of aliphatic hydroxyl groups is 1. The third-order valence-corrected chi connectivity index (χ3v) is 5.75. The maximum Gasteiger partial charge on any atom is 0.325 e. The first-order valence-corrected chi connectivity index (χ1v) is 9.88. The quantitative estimate of drug-likeness (QED) is 0.673. The van der Waals surface area contributed by atoms with Gasteiger partial charge < -0.3 is 15.7 Å². The molecule has 7 nitrogen and oxygen atoms in total. The van der Waals surface area contributed by atoms with Crippen molar-refractivity contribution in [2.75, 3.05) is 6.54 Å². The molecule has 7 heteroatoms. The summed E-state index contributed by atoms with van der Waals surface area (Å²) in [5.41, 5.74) is -0.196. The van der Waals surface area contributed by atoms with Gasteiger partial charge >= 0.3 is 6.03 Å². The summed E-state index contributed by atoms with van der Waals surface area (Å²) in [5, 5.41) is 15.9. The lowest BCUT2D eigenvalue weighted by atomic mass is 9.71. The Morgan fingerprint density at radius 3 is 2.46 bits per heavy atom. The zero-order chi connectivity index (χ0) is 20.5. The molecule has 4 amide bonds. The van der Waals surface area contributed by atoms with Crippen molar-refractivity contribution in [2.45, 2.75) is 57.7 Å². The number of imide groups is 1. The maximum absolute atomic E-state index is 13.0. The van der Waals surface area contributed by atoms with E-state index < -0.39 is 29.6 Å². The van der Waals surface area contributed by atoms with Crippen LogP contribution in [-0.4, -0.2) is 46.0 Å². The molecule has 1 spiro atoms. The number of urea groups is 1. The molecular weight excluding hydrogens is 358 g/mol. The third-order valence-electron chi connectivity index (χ3n) is 5.75. The Bertz CT molecular complexity index is 741. The summed E-state index contributed by atoms with van der Waals surface area (Å²) >= 11 is 0. The molecule has 1 saturated heterocycles. The molecule has 0 bridgehead atoms. The number of rotatable bonds is 5. The number of nitrogens with one attached hydrogen (secondary N) is 2. The van der Waals surface area contributed by atoms with Crippen LogP contribution in [-0.2, 0) is 9.59 Å². The second-order valence-electron chi connectivity index (χ2n) is 8.47. The second-order valence-corrected chi connectivity index (χ2v) is 8.47. The first-order valence-electron chi connectivity index (χ1n) is 9.88. The average Bonchev–Trinajstić information content (AvgIpc) is 2.84. The third kappa shape index (κ3) is 4.04. The number of hydrogen-bond acceptors (Lipinski definition) is 4. The van der Waals surface area contributed by atoms with Crippen molar-refractivity contribution in [3.8, 4) is 0 Å². The van der Waals surface area contributed by atoms with Crippen molar-refractivity contribution >= 4 is 17.8 Å². The van der Waals surface area contributed by atoms with E-state index in [0.29, 0.717) is 30.2 Å². The number of aliphatic hydroxyl groups excluding tert-OH is 1. The normalized spacial score (nSPS) is 29.5. The van der Waals surface area contributed by atoms with Gasteiger partial charge in [-0.2, -0.15) is 0 Å². The van der Waals surface area contributed by atoms with Gasteiger partial charge in [0.05, 0.1) is 12.1 Å². The van der Waals surface area contributed by atoms with E-state index in [2.05, 4.69) is 24.5 Å². The lowest BCUT2D eigenvalue weighted by Crippen LogP contribution is -2.52. The summed E-state index contributed by atoms with van der Waals surface area (Å²) in [5.74, 6) is -0.118. The number of benzene rings is 1. The van der Waals surface area contributed by atoms with E-state index in [-0.39, 0.29) is 12.5 Å². The highest BCUT2D eigenvalue weighted by Gasteiger charge is 2.54. The lowest BCUT2D eigenvalue weighted by molar-refractivity contribution is -0.137. The number of carbonyl (C=O) groups excluding carboxylic acids is 3. The van der Waals surface area contributed by atoms with Crippen molar-refractivity contribution in [3.63, 3.8) is 0 Å². The van der Waals surface area contributed by atoms with Crippen LogP contribution in [0.4, 0.5) is 4.79 Å². The highest BCUT2D eigenvalue weighted by molar-refractivity contribution is 6.09. The maximum atomic E-state index is 13.0. The number of nitrogens with zero attached hydrogens (tertiary/aromatic N) is 1. The van der Waals surface area contributed by atoms with Crippen LogP contribution in [0.25, 0.3) is 0 Å².